The Morgan fingerprint density at radius 2 is 1.00 bits per heavy atom. The minimum Gasteiger partial charge on any atom is -0.390 e. The lowest BCUT2D eigenvalue weighted by Gasteiger charge is -2.41. The number of ether oxygens (including phenoxy) is 1. The first-order chi connectivity index (χ1) is 41.3. The SMILES string of the molecule is C/C=C/C[C@@H](C)[C@@H](O)[C@H]1C(=O)N[C@@H](CC)C(=O)N(C)CC(=O)N(C)[C@@H]([C@@H](C)OCCCCS)C(=O)N[C@@H](C(C)C)C(=O)N(C)[C@@H](CC(C)C)C(=O)N[C@@H](C)C(=O)N[C@H](C)C(=O)N(C)[C@@H](CC(C)C)C(=O)N(C)[C@@H](CC(C)C)C(=O)N(C)[C@@H](C(C)C)C(=O)N1C. The molecular weight excluding hydrogens is 1160 g/mol. The fourth-order valence-electron chi connectivity index (χ4n) is 11.0. The molecule has 0 unspecified atom stereocenters. The van der Waals surface area contributed by atoms with Crippen molar-refractivity contribution in [3.8, 4) is 0 Å². The number of unbranched alkanes of at least 4 members (excludes halogenated alkanes) is 1. The van der Waals surface area contributed by atoms with E-state index in [1.165, 1.54) is 82.8 Å². The predicted molar refractivity (Wildman–Crippen MR) is 347 cm³/mol. The molecule has 13 atom stereocenters. The summed E-state index contributed by atoms with van der Waals surface area (Å²) in [5.74, 6) is -9.45. The molecule has 1 saturated heterocycles. The average Bonchev–Trinajstić information content (AvgIpc) is 0.987. The average molecular weight is 1280 g/mol. The van der Waals surface area contributed by atoms with E-state index in [-0.39, 0.29) is 50.0 Å². The van der Waals surface area contributed by atoms with Gasteiger partial charge in [0.15, 0.2) is 0 Å². The summed E-state index contributed by atoms with van der Waals surface area (Å²) in [6, 6.07) is -12.8. The summed E-state index contributed by atoms with van der Waals surface area (Å²) in [6.45, 7) is 27.2. The van der Waals surface area contributed by atoms with Gasteiger partial charge in [0.1, 0.15) is 60.4 Å². The van der Waals surface area contributed by atoms with Gasteiger partial charge in [0.2, 0.25) is 65.0 Å². The zero-order valence-corrected chi connectivity index (χ0v) is 58.9. The van der Waals surface area contributed by atoms with Crippen LogP contribution in [0.2, 0.25) is 0 Å². The molecule has 0 aromatic rings. The van der Waals surface area contributed by atoms with Gasteiger partial charge in [-0.2, -0.15) is 12.6 Å². The van der Waals surface area contributed by atoms with Crippen LogP contribution in [0.15, 0.2) is 12.2 Å². The van der Waals surface area contributed by atoms with Crippen LogP contribution in [0, 0.1) is 35.5 Å². The normalized spacial score (nSPS) is 26.5. The van der Waals surface area contributed by atoms with E-state index < -0.39 is 162 Å². The lowest BCUT2D eigenvalue weighted by atomic mass is 9.91. The number of hydrogen-bond acceptors (Lipinski definition) is 14. The van der Waals surface area contributed by atoms with E-state index in [2.05, 4.69) is 33.9 Å². The highest BCUT2D eigenvalue weighted by atomic mass is 32.1. The van der Waals surface area contributed by atoms with Crippen LogP contribution in [0.1, 0.15) is 156 Å². The molecule has 1 fully saturated rings. The number of rotatable bonds is 19. The highest BCUT2D eigenvalue weighted by Gasteiger charge is 2.46. The van der Waals surface area contributed by atoms with Crippen LogP contribution in [0.3, 0.4) is 0 Å². The molecule has 1 aliphatic heterocycles. The van der Waals surface area contributed by atoms with Gasteiger partial charge in [-0.1, -0.05) is 95.2 Å². The second-order valence-corrected chi connectivity index (χ2v) is 26.8. The molecule has 0 aliphatic carbocycles. The van der Waals surface area contributed by atoms with Gasteiger partial charge in [0.05, 0.1) is 18.8 Å². The number of likely N-dealkylation sites (N-methyl/N-ethyl adjacent to an activating group) is 7. The Morgan fingerprint density at radius 1 is 0.528 bits per heavy atom. The van der Waals surface area contributed by atoms with Gasteiger partial charge in [0.25, 0.3) is 0 Å². The van der Waals surface area contributed by atoms with E-state index in [1.807, 2.05) is 41.5 Å². The molecule has 11 amide bonds. The number of carbonyl (C=O) groups is 11. The molecule has 1 rings (SSSR count). The van der Waals surface area contributed by atoms with Gasteiger partial charge in [-0.15, -0.1) is 0 Å². The number of nitrogens with one attached hydrogen (secondary N) is 4. The number of thiol groups is 1. The maximum absolute atomic E-state index is 15.2. The number of allylic oxidation sites excluding steroid dienone is 2. The summed E-state index contributed by atoms with van der Waals surface area (Å²) in [5.41, 5.74) is 0. The van der Waals surface area contributed by atoms with Gasteiger partial charge >= 0.3 is 0 Å². The first kappa shape index (κ1) is 81.2. The molecule has 0 saturated carbocycles. The molecule has 24 nitrogen and oxygen atoms in total. The summed E-state index contributed by atoms with van der Waals surface area (Å²) >= 11 is 4.30. The zero-order valence-electron chi connectivity index (χ0n) is 58.0. The number of aliphatic hydroxyl groups excluding tert-OH is 1. The summed E-state index contributed by atoms with van der Waals surface area (Å²) in [4.78, 5) is 170. The lowest BCUT2D eigenvalue weighted by molar-refractivity contribution is -0.157. The largest absolute Gasteiger partial charge is 0.390 e. The Labute approximate surface area is 537 Å². The molecule has 510 valence electrons. The molecular formula is C64H115N11O13S. The van der Waals surface area contributed by atoms with Gasteiger partial charge in [-0.25, -0.2) is 0 Å². The maximum atomic E-state index is 15.2. The molecule has 5 N–H and O–H groups in total. The van der Waals surface area contributed by atoms with Crippen molar-refractivity contribution in [2.24, 2.45) is 35.5 Å². The Balaban J connectivity index is 4.38. The Bertz CT molecular complexity index is 2410. The number of amides is 11. The van der Waals surface area contributed by atoms with E-state index in [0.717, 1.165) is 14.7 Å². The number of aliphatic hydroxyl groups is 1. The van der Waals surface area contributed by atoms with Gasteiger partial charge < -0.3 is 65.4 Å². The van der Waals surface area contributed by atoms with Crippen LogP contribution in [0.25, 0.3) is 0 Å². The highest BCUT2D eigenvalue weighted by molar-refractivity contribution is 7.80. The Morgan fingerprint density at radius 3 is 1.48 bits per heavy atom. The predicted octanol–water partition coefficient (Wildman–Crippen LogP) is 3.34. The van der Waals surface area contributed by atoms with Crippen molar-refractivity contribution >= 4 is 77.6 Å². The van der Waals surface area contributed by atoms with Crippen molar-refractivity contribution in [2.75, 3.05) is 68.2 Å². The van der Waals surface area contributed by atoms with Crippen molar-refractivity contribution in [3.63, 3.8) is 0 Å². The van der Waals surface area contributed by atoms with Crippen LogP contribution in [0.5, 0.6) is 0 Å². The summed E-state index contributed by atoms with van der Waals surface area (Å²) in [6.07, 6.45) is 3.09. The van der Waals surface area contributed by atoms with Gasteiger partial charge in [-0.3, -0.25) is 52.7 Å². The lowest BCUT2D eigenvalue weighted by Crippen LogP contribution is -2.63. The molecule has 1 heterocycles. The van der Waals surface area contributed by atoms with E-state index in [9.17, 15) is 48.3 Å². The quantitative estimate of drug-likeness (QED) is 0.0616. The summed E-state index contributed by atoms with van der Waals surface area (Å²) < 4.78 is 6.14. The zero-order chi connectivity index (χ0) is 68.8. The standard InChI is InChI=1S/C64H115N11O13S/c1-24-26-29-41(13)54(77)53-58(81)67-45(25-2)60(83)69(17)35-49(76)73(21)52(44(16)88-30-27-28-31-89)57(80)68-50(39(9)10)63(86)70(18)46(32-36(3)4)56(79)65-42(14)55(78)66-43(15)59(82)71(19)47(33-37(5)6)61(84)72(20)48(34-38(7)8)62(85)74(22)51(40(11)12)64(87)75(53)23/h24,26,36-48,50-54,77,89H,25,27-35H2,1-23H3,(H,65,79)(H,66,78)(H,67,81)(H,68,80)/b26-24+/t41-,42+,43-,44-,45+,46+,47+,48+,50+,51+,52+,53+,54-/m1/s1. The minimum absolute atomic E-state index is 0.00113. The second kappa shape index (κ2) is 38.1. The summed E-state index contributed by atoms with van der Waals surface area (Å²) in [5, 5.41) is 23.1. The van der Waals surface area contributed by atoms with E-state index >= 15 is 9.59 Å². The molecule has 25 heteroatoms. The van der Waals surface area contributed by atoms with E-state index in [1.54, 1.807) is 67.5 Å². The van der Waals surface area contributed by atoms with Crippen molar-refractivity contribution in [1.82, 2.24) is 55.6 Å². The molecule has 0 radical (unpaired) electrons. The highest BCUT2D eigenvalue weighted by Crippen LogP contribution is 2.26. The van der Waals surface area contributed by atoms with E-state index in [4.69, 9.17) is 4.74 Å². The fourth-order valence-corrected chi connectivity index (χ4v) is 11.3. The summed E-state index contributed by atoms with van der Waals surface area (Å²) in [7, 11) is 9.81. The third-order valence-corrected chi connectivity index (χ3v) is 17.0. The number of nitrogens with zero attached hydrogens (tertiary/aromatic N) is 7. The van der Waals surface area contributed by atoms with E-state index in [0.29, 0.717) is 25.0 Å². The van der Waals surface area contributed by atoms with Gasteiger partial charge in [-0.05, 0) is 114 Å². The Hall–Kier alpha value is -5.82. The van der Waals surface area contributed by atoms with Crippen LogP contribution in [-0.4, -0.2) is 245 Å². The fraction of sp³-hybridized carbons (Fsp3) is 0.797. The maximum Gasteiger partial charge on any atom is 0.246 e. The van der Waals surface area contributed by atoms with Crippen molar-refractivity contribution in [1.29, 1.82) is 0 Å². The van der Waals surface area contributed by atoms with Gasteiger partial charge in [0, 0.05) is 55.9 Å². The first-order valence-corrected chi connectivity index (χ1v) is 32.5. The second-order valence-electron chi connectivity index (χ2n) is 26.4. The molecule has 1 aliphatic rings. The smallest absolute Gasteiger partial charge is 0.246 e. The van der Waals surface area contributed by atoms with Crippen LogP contribution < -0.4 is 21.3 Å². The monoisotopic (exact) mass is 1280 g/mol. The number of hydrogen-bond donors (Lipinski definition) is 6. The van der Waals surface area contributed by atoms with Crippen molar-refractivity contribution in [3.05, 3.63) is 12.2 Å². The first-order valence-electron chi connectivity index (χ1n) is 31.8. The molecule has 0 aromatic heterocycles. The molecule has 0 spiro atoms. The third kappa shape index (κ3) is 23.4. The van der Waals surface area contributed by atoms with Crippen LogP contribution in [-0.2, 0) is 57.5 Å². The molecule has 89 heavy (non-hydrogen) atoms. The topological polar surface area (TPSA) is 288 Å². The van der Waals surface area contributed by atoms with Crippen LogP contribution in [0.4, 0.5) is 0 Å². The number of carbonyl (C=O) groups excluding carboxylic acids is 11. The van der Waals surface area contributed by atoms with Crippen molar-refractivity contribution < 1.29 is 62.6 Å². The third-order valence-electron chi connectivity index (χ3n) is 16.7. The molecule has 0 bridgehead atoms. The van der Waals surface area contributed by atoms with Crippen LogP contribution >= 0.6 is 12.6 Å². The van der Waals surface area contributed by atoms with Crippen molar-refractivity contribution in [2.45, 2.75) is 228 Å². The Kier molecular flexibility index (Phi) is 34.8. The minimum atomic E-state index is -1.63. The molecule has 0 aromatic carbocycles.